The van der Waals surface area contributed by atoms with Crippen LogP contribution in [0.1, 0.15) is 39.8 Å². The first-order valence-electron chi connectivity index (χ1n) is 10.7. The third-order valence-corrected chi connectivity index (χ3v) is 7.57. The lowest BCUT2D eigenvalue weighted by molar-refractivity contribution is -0.148. The second-order valence-corrected chi connectivity index (χ2v) is 9.69. The van der Waals surface area contributed by atoms with Gasteiger partial charge in [0.2, 0.25) is 10.0 Å². The lowest BCUT2D eigenvalue weighted by Crippen LogP contribution is -2.32. The van der Waals surface area contributed by atoms with Gasteiger partial charge >= 0.3 is 5.97 Å². The maximum absolute atomic E-state index is 12.9. The van der Waals surface area contributed by atoms with Crippen molar-refractivity contribution in [1.29, 1.82) is 0 Å². The Morgan fingerprint density at radius 1 is 0.879 bits per heavy atom. The molecule has 2 N–H and O–H groups in total. The van der Waals surface area contributed by atoms with E-state index in [1.54, 1.807) is 26.0 Å². The van der Waals surface area contributed by atoms with Crippen LogP contribution in [-0.4, -0.2) is 40.0 Å². The van der Waals surface area contributed by atoms with E-state index in [9.17, 15) is 22.4 Å². The van der Waals surface area contributed by atoms with Crippen molar-refractivity contribution in [1.82, 2.24) is 10.0 Å². The fourth-order valence-electron chi connectivity index (χ4n) is 3.49. The van der Waals surface area contributed by atoms with Crippen molar-refractivity contribution in [3.63, 3.8) is 0 Å². The van der Waals surface area contributed by atoms with Gasteiger partial charge in [-0.1, -0.05) is 12.1 Å². The largest absolute Gasteiger partial charge is 0.456 e. The van der Waals surface area contributed by atoms with E-state index in [0.29, 0.717) is 24.1 Å². The smallest absolute Gasteiger partial charge is 0.307 e. The van der Waals surface area contributed by atoms with Gasteiger partial charge in [-0.3, -0.25) is 9.59 Å². The summed E-state index contributed by atoms with van der Waals surface area (Å²) in [6.45, 7) is 9.00. The lowest BCUT2D eigenvalue weighted by atomic mass is 9.95. The summed E-state index contributed by atoms with van der Waals surface area (Å²) in [5.41, 5.74) is 5.13. The molecule has 0 saturated carbocycles. The van der Waals surface area contributed by atoms with Gasteiger partial charge in [-0.25, -0.2) is 17.5 Å². The van der Waals surface area contributed by atoms with Crippen LogP contribution < -0.4 is 10.0 Å². The molecule has 0 aliphatic rings. The Kier molecular flexibility index (Phi) is 9.13. The monoisotopic (exact) mass is 478 g/mol. The fourth-order valence-corrected chi connectivity index (χ4v) is 5.12. The molecule has 0 aliphatic carbocycles. The molecular weight excluding hydrogens is 447 g/mol. The summed E-state index contributed by atoms with van der Waals surface area (Å²) in [5.74, 6) is -1.48. The van der Waals surface area contributed by atoms with Gasteiger partial charge in [0.15, 0.2) is 6.61 Å². The van der Waals surface area contributed by atoms with Gasteiger partial charge < -0.3 is 10.1 Å². The quantitative estimate of drug-likeness (QED) is 0.512. The van der Waals surface area contributed by atoms with Gasteiger partial charge in [-0.2, -0.15) is 0 Å². The number of rotatable bonds is 10. The molecule has 0 aliphatic heterocycles. The summed E-state index contributed by atoms with van der Waals surface area (Å²) in [6, 6.07) is 5.95. The highest BCUT2D eigenvalue weighted by Crippen LogP contribution is 2.29. The Morgan fingerprint density at radius 2 is 1.42 bits per heavy atom. The zero-order valence-corrected chi connectivity index (χ0v) is 20.5. The normalized spacial score (nSPS) is 11.3. The highest BCUT2D eigenvalue weighted by Gasteiger charge is 2.23. The second-order valence-electron chi connectivity index (χ2n) is 7.99. The molecule has 0 atom stereocenters. The van der Waals surface area contributed by atoms with E-state index in [1.165, 1.54) is 12.1 Å². The van der Waals surface area contributed by atoms with Crippen molar-refractivity contribution < 1.29 is 27.1 Å². The Labute approximate surface area is 194 Å². The minimum Gasteiger partial charge on any atom is -0.456 e. The maximum Gasteiger partial charge on any atom is 0.307 e. The number of carbonyl (C=O) groups is 2. The summed E-state index contributed by atoms with van der Waals surface area (Å²) in [6.07, 6.45) is 0.308. The molecule has 2 aromatic rings. The zero-order valence-electron chi connectivity index (χ0n) is 19.7. The highest BCUT2D eigenvalue weighted by atomic mass is 32.2. The van der Waals surface area contributed by atoms with E-state index in [2.05, 4.69) is 10.0 Å². The number of halogens is 1. The number of hydrogen-bond donors (Lipinski definition) is 2. The molecule has 0 radical (unpaired) electrons. The predicted octanol–water partition coefficient (Wildman–Crippen LogP) is 2.94. The van der Waals surface area contributed by atoms with Crippen LogP contribution in [0.3, 0.4) is 0 Å². The van der Waals surface area contributed by atoms with Gasteiger partial charge in [0.05, 0.1) is 11.3 Å². The second kappa shape index (κ2) is 11.4. The van der Waals surface area contributed by atoms with E-state index in [0.717, 1.165) is 22.3 Å². The molecule has 9 heteroatoms. The summed E-state index contributed by atoms with van der Waals surface area (Å²) < 4.78 is 45.9. The van der Waals surface area contributed by atoms with Crippen molar-refractivity contribution in [2.24, 2.45) is 0 Å². The molecule has 33 heavy (non-hydrogen) atoms. The van der Waals surface area contributed by atoms with Crippen LogP contribution in [0.5, 0.6) is 0 Å². The van der Waals surface area contributed by atoms with Crippen molar-refractivity contribution in [3.8, 4) is 0 Å². The van der Waals surface area contributed by atoms with Crippen LogP contribution in [-0.2, 0) is 30.8 Å². The molecule has 0 bridgehead atoms. The average Bonchev–Trinajstić information content (AvgIpc) is 2.76. The SMILES string of the molecule is Cc1c(C)c(C)c(S(=O)(=O)NCCC(=O)OCC(=O)NCCc2ccc(F)cc2)c(C)c1C. The van der Waals surface area contributed by atoms with Crippen LogP contribution in [0.25, 0.3) is 0 Å². The molecule has 0 saturated heterocycles. The van der Waals surface area contributed by atoms with Gasteiger partial charge in [0, 0.05) is 13.1 Å². The third kappa shape index (κ3) is 7.10. The summed E-state index contributed by atoms with van der Waals surface area (Å²) in [5, 5.41) is 2.61. The van der Waals surface area contributed by atoms with Crippen LogP contribution in [0.2, 0.25) is 0 Å². The number of sulfonamides is 1. The van der Waals surface area contributed by atoms with E-state index in [-0.39, 0.29) is 23.7 Å². The van der Waals surface area contributed by atoms with Crippen molar-refractivity contribution in [3.05, 3.63) is 63.5 Å². The third-order valence-electron chi connectivity index (χ3n) is 5.83. The molecule has 2 aromatic carbocycles. The maximum atomic E-state index is 12.9. The molecule has 0 unspecified atom stereocenters. The van der Waals surface area contributed by atoms with Gasteiger partial charge in [-0.05, 0) is 86.6 Å². The van der Waals surface area contributed by atoms with Crippen LogP contribution in [0, 0.1) is 40.4 Å². The summed E-state index contributed by atoms with van der Waals surface area (Å²) in [7, 11) is -3.81. The Hall–Kier alpha value is -2.78. The Balaban J connectivity index is 1.78. The van der Waals surface area contributed by atoms with Crippen LogP contribution in [0.4, 0.5) is 4.39 Å². The van der Waals surface area contributed by atoms with E-state index in [4.69, 9.17) is 4.74 Å². The van der Waals surface area contributed by atoms with Gasteiger partial charge in [0.1, 0.15) is 5.82 Å². The van der Waals surface area contributed by atoms with E-state index < -0.39 is 28.5 Å². The topological polar surface area (TPSA) is 102 Å². The number of ether oxygens (including phenoxy) is 1. The molecule has 180 valence electrons. The molecule has 1 amide bonds. The van der Waals surface area contributed by atoms with E-state index in [1.807, 2.05) is 20.8 Å². The first kappa shape index (κ1) is 26.5. The number of carbonyl (C=O) groups excluding carboxylic acids is 2. The van der Waals surface area contributed by atoms with Gasteiger partial charge in [-0.15, -0.1) is 0 Å². The molecular formula is C24H31FN2O5S. The standard InChI is InChI=1S/C24H31FN2O5S/c1-15-16(2)18(4)24(19(5)17(15)3)33(30,31)27-13-11-23(29)32-14-22(28)26-12-10-20-6-8-21(25)9-7-20/h6-9,27H,10-14H2,1-5H3,(H,26,28). The number of nitrogens with one attached hydrogen (secondary N) is 2. The molecule has 0 spiro atoms. The zero-order chi connectivity index (χ0) is 24.8. The van der Waals surface area contributed by atoms with E-state index >= 15 is 0 Å². The molecule has 2 rings (SSSR count). The highest BCUT2D eigenvalue weighted by molar-refractivity contribution is 7.89. The van der Waals surface area contributed by atoms with Crippen molar-refractivity contribution in [2.75, 3.05) is 19.7 Å². The first-order chi connectivity index (χ1) is 15.4. The van der Waals surface area contributed by atoms with Gasteiger partial charge in [0.25, 0.3) is 5.91 Å². The fraction of sp³-hybridized carbons (Fsp3) is 0.417. The summed E-state index contributed by atoms with van der Waals surface area (Å²) in [4.78, 5) is 24.0. The Morgan fingerprint density at radius 3 is 2.00 bits per heavy atom. The Bertz CT molecular complexity index is 1100. The number of esters is 1. The molecule has 0 aromatic heterocycles. The lowest BCUT2D eigenvalue weighted by Gasteiger charge is -2.19. The molecule has 0 fully saturated rings. The first-order valence-corrected chi connectivity index (χ1v) is 12.2. The minimum atomic E-state index is -3.81. The van der Waals surface area contributed by atoms with Crippen LogP contribution >= 0.6 is 0 Å². The van der Waals surface area contributed by atoms with Crippen molar-refractivity contribution >= 4 is 21.9 Å². The summed E-state index contributed by atoms with van der Waals surface area (Å²) >= 11 is 0. The molecule has 0 heterocycles. The number of hydrogen-bond acceptors (Lipinski definition) is 5. The average molecular weight is 479 g/mol. The van der Waals surface area contributed by atoms with Crippen LogP contribution in [0.15, 0.2) is 29.2 Å². The number of benzene rings is 2. The number of amides is 1. The minimum absolute atomic E-state index is 0.141. The predicted molar refractivity (Wildman–Crippen MR) is 124 cm³/mol. The van der Waals surface area contributed by atoms with Crippen molar-refractivity contribution in [2.45, 2.75) is 52.4 Å². The molecule has 7 nitrogen and oxygen atoms in total.